The van der Waals surface area contributed by atoms with Crippen molar-refractivity contribution in [2.45, 2.75) is 12.8 Å². The van der Waals surface area contributed by atoms with Crippen LogP contribution in [0.3, 0.4) is 0 Å². The topological polar surface area (TPSA) is 140 Å². The van der Waals surface area contributed by atoms with Crippen LogP contribution in [0.4, 0.5) is 0 Å². The van der Waals surface area contributed by atoms with Crippen LogP contribution in [0.25, 0.3) is 0 Å². The second-order valence-corrected chi connectivity index (χ2v) is 7.78. The number of hydrogen-bond donors (Lipinski definition) is 0. The first-order chi connectivity index (χ1) is 11.2. The van der Waals surface area contributed by atoms with E-state index in [4.69, 9.17) is 0 Å². The maximum Gasteiger partial charge on any atom is 2.00 e. The van der Waals surface area contributed by atoms with Gasteiger partial charge in [0.2, 0.25) is 0 Å². The summed E-state index contributed by atoms with van der Waals surface area (Å²) < 4.78 is 61.4. The average molecular weight is 428 g/mol. The summed E-state index contributed by atoms with van der Waals surface area (Å²) >= 11 is 0. The Balaban J connectivity index is 0.000000443. The van der Waals surface area contributed by atoms with Crippen LogP contribution in [0.2, 0.25) is 0 Å². The molecule has 25 heavy (non-hydrogen) atoms. The van der Waals surface area contributed by atoms with Crippen molar-refractivity contribution in [2.24, 2.45) is 0 Å². The molecule has 0 radical (unpaired) electrons. The molecule has 11 heteroatoms. The van der Waals surface area contributed by atoms with E-state index < -0.39 is 20.2 Å². The zero-order valence-corrected chi connectivity index (χ0v) is 15.7. The molecule has 0 unspecified atom stereocenters. The van der Waals surface area contributed by atoms with Gasteiger partial charge in [0.05, 0.1) is 20.2 Å². The Hall–Kier alpha value is -1.36. The molecule has 8 nitrogen and oxygen atoms in total. The molecule has 0 bridgehead atoms. The molecule has 0 aromatic carbocycles. The van der Waals surface area contributed by atoms with Gasteiger partial charge in [-0.25, -0.2) is 16.8 Å². The number of aryl methyl sites for hydroxylation is 2. The molecule has 0 spiro atoms. The predicted molar refractivity (Wildman–Crippen MR) is 85.0 cm³/mol. The number of aromatic nitrogens is 2. The van der Waals surface area contributed by atoms with Crippen LogP contribution in [0.15, 0.2) is 49.1 Å². The van der Waals surface area contributed by atoms with Gasteiger partial charge in [-0.05, 0) is 48.2 Å². The fourth-order valence-electron chi connectivity index (χ4n) is 1.58. The van der Waals surface area contributed by atoms with Crippen molar-refractivity contribution in [1.82, 2.24) is 9.97 Å². The first-order valence-electron chi connectivity index (χ1n) is 6.81. The number of hydrogen-bond acceptors (Lipinski definition) is 8. The minimum absolute atomic E-state index is 0. The molecule has 2 heterocycles. The monoisotopic (exact) mass is 428 g/mol. The van der Waals surface area contributed by atoms with E-state index in [9.17, 15) is 25.9 Å². The Morgan fingerprint density at radius 2 is 0.960 bits per heavy atom. The SMILES string of the molecule is O=S(=O)([O-])CCc1ccncc1.O=S(=O)([O-])CCc1ccncc1.[Fe+2]. The molecule has 2 rings (SSSR count). The van der Waals surface area contributed by atoms with Gasteiger partial charge in [0.1, 0.15) is 0 Å². The quantitative estimate of drug-likeness (QED) is 0.474. The fraction of sp³-hybridized carbons (Fsp3) is 0.286. The van der Waals surface area contributed by atoms with Crippen molar-refractivity contribution >= 4 is 20.2 Å². The molecule has 0 saturated heterocycles. The van der Waals surface area contributed by atoms with Gasteiger partial charge in [0.25, 0.3) is 0 Å². The van der Waals surface area contributed by atoms with Crippen LogP contribution >= 0.6 is 0 Å². The van der Waals surface area contributed by atoms with E-state index in [0.717, 1.165) is 11.1 Å². The van der Waals surface area contributed by atoms with Gasteiger partial charge in [0, 0.05) is 36.3 Å². The Morgan fingerprint density at radius 3 is 1.20 bits per heavy atom. The van der Waals surface area contributed by atoms with Crippen molar-refractivity contribution in [1.29, 1.82) is 0 Å². The molecule has 2 aromatic heterocycles. The Labute approximate surface area is 157 Å². The predicted octanol–water partition coefficient (Wildman–Crippen LogP) is 0.336. The van der Waals surface area contributed by atoms with Crippen molar-refractivity contribution < 1.29 is 43.0 Å². The van der Waals surface area contributed by atoms with Gasteiger partial charge in [-0.2, -0.15) is 0 Å². The summed E-state index contributed by atoms with van der Waals surface area (Å²) in [5, 5.41) is 0. The van der Waals surface area contributed by atoms with E-state index in [1.54, 1.807) is 49.1 Å². The second-order valence-electron chi connectivity index (χ2n) is 4.73. The minimum atomic E-state index is -4.09. The van der Waals surface area contributed by atoms with E-state index >= 15 is 0 Å². The normalized spacial score (nSPS) is 11.0. The number of nitrogens with zero attached hydrogens (tertiary/aromatic N) is 2. The molecule has 0 N–H and O–H groups in total. The summed E-state index contributed by atoms with van der Waals surface area (Å²) in [4.78, 5) is 7.52. The van der Waals surface area contributed by atoms with Gasteiger partial charge < -0.3 is 9.11 Å². The third-order valence-corrected chi connectivity index (χ3v) is 4.19. The maximum atomic E-state index is 10.2. The molecule has 0 aliphatic carbocycles. The largest absolute Gasteiger partial charge is 2.00 e. The smallest absolute Gasteiger partial charge is 0.748 e. The molecule has 0 aliphatic heterocycles. The standard InChI is InChI=1S/2C7H9NO3S.Fe/c2*9-12(10,11)6-3-7-1-4-8-5-2-7;/h2*1-2,4-5H,3,6H2,(H,9,10,11);/q;;+2/p-2. The molecule has 0 fully saturated rings. The van der Waals surface area contributed by atoms with Crippen LogP contribution in [-0.4, -0.2) is 47.4 Å². The fourth-order valence-corrected chi connectivity index (χ4v) is 2.56. The third kappa shape index (κ3) is 13.6. The Bertz CT molecular complexity index is 743. The van der Waals surface area contributed by atoms with Gasteiger partial charge in [-0.3, -0.25) is 9.97 Å². The van der Waals surface area contributed by atoms with Gasteiger partial charge in [0.15, 0.2) is 0 Å². The second kappa shape index (κ2) is 11.3. The minimum Gasteiger partial charge on any atom is -0.748 e. The van der Waals surface area contributed by atoms with Crippen LogP contribution in [-0.2, 0) is 50.1 Å². The van der Waals surface area contributed by atoms with Crippen molar-refractivity contribution in [3.8, 4) is 0 Å². The summed E-state index contributed by atoms with van der Waals surface area (Å²) in [5.41, 5.74) is 1.62. The summed E-state index contributed by atoms with van der Waals surface area (Å²) in [6.07, 6.45) is 6.77. The zero-order valence-electron chi connectivity index (χ0n) is 13.0. The van der Waals surface area contributed by atoms with Crippen molar-refractivity contribution in [3.05, 3.63) is 60.2 Å². The average Bonchev–Trinajstić information content (AvgIpc) is 2.52. The number of pyridine rings is 2. The van der Waals surface area contributed by atoms with E-state index in [1.165, 1.54) is 0 Å². The van der Waals surface area contributed by atoms with Gasteiger partial charge in [-0.15, -0.1) is 0 Å². The van der Waals surface area contributed by atoms with E-state index in [2.05, 4.69) is 9.97 Å². The van der Waals surface area contributed by atoms with Crippen LogP contribution in [0.1, 0.15) is 11.1 Å². The molecule has 0 saturated carbocycles. The maximum absolute atomic E-state index is 10.2. The van der Waals surface area contributed by atoms with Crippen LogP contribution in [0.5, 0.6) is 0 Å². The zero-order chi connectivity index (χ0) is 18.1. The Morgan fingerprint density at radius 1 is 0.680 bits per heavy atom. The third-order valence-electron chi connectivity index (χ3n) is 2.78. The Kier molecular flexibility index (Phi) is 10.7. The van der Waals surface area contributed by atoms with E-state index in [-0.39, 0.29) is 41.4 Å². The molecular formula is C14H16FeN2O6S2. The van der Waals surface area contributed by atoms with Crippen molar-refractivity contribution in [3.63, 3.8) is 0 Å². The molecule has 138 valence electrons. The van der Waals surface area contributed by atoms with Gasteiger partial charge in [-0.1, -0.05) is 0 Å². The van der Waals surface area contributed by atoms with Crippen LogP contribution in [0, 0.1) is 0 Å². The van der Waals surface area contributed by atoms with Crippen LogP contribution < -0.4 is 0 Å². The first kappa shape index (κ1) is 23.6. The first-order valence-corrected chi connectivity index (χ1v) is 9.96. The summed E-state index contributed by atoms with van der Waals surface area (Å²) in [6.45, 7) is 0. The molecule has 2 aromatic rings. The summed E-state index contributed by atoms with van der Waals surface area (Å²) in [5.74, 6) is -0.700. The van der Waals surface area contributed by atoms with E-state index in [0.29, 0.717) is 0 Å². The molecule has 0 atom stereocenters. The van der Waals surface area contributed by atoms with E-state index in [1.807, 2.05) is 0 Å². The van der Waals surface area contributed by atoms with Gasteiger partial charge >= 0.3 is 17.1 Å². The molecular weight excluding hydrogens is 412 g/mol. The molecule has 0 aliphatic rings. The number of rotatable bonds is 6. The molecule has 0 amide bonds. The summed E-state index contributed by atoms with van der Waals surface area (Å²) in [7, 11) is -8.19. The summed E-state index contributed by atoms with van der Waals surface area (Å²) in [6, 6.07) is 6.74. The van der Waals surface area contributed by atoms with Crippen molar-refractivity contribution in [2.75, 3.05) is 11.5 Å².